The van der Waals surface area contributed by atoms with E-state index in [4.69, 9.17) is 22.3 Å². The number of amides is 4. The molecule has 0 aliphatic rings. The highest BCUT2D eigenvalue weighted by molar-refractivity contribution is 6.08. The Hall–Kier alpha value is -5.41. The minimum Gasteiger partial charge on any atom is -0.388 e. The number of rotatable bonds is 20. The van der Waals surface area contributed by atoms with Crippen LogP contribution in [-0.4, -0.2) is 67.7 Å². The number of nitrogens with zero attached hydrogens (tertiary/aromatic N) is 3. The summed E-state index contributed by atoms with van der Waals surface area (Å²) in [5, 5.41) is 32.5. The van der Waals surface area contributed by atoms with Gasteiger partial charge in [-0.25, -0.2) is 0 Å². The van der Waals surface area contributed by atoms with E-state index in [0.29, 0.717) is 86.5 Å². The monoisotopic (exact) mass is 678 g/mol. The highest BCUT2D eigenvalue weighted by Gasteiger charge is 2.20. The number of aromatic amines is 1. The molecule has 11 N–H and O–H groups in total. The number of carbonyl (C=O) groups excluding carboxylic acids is 4. The van der Waals surface area contributed by atoms with Crippen molar-refractivity contribution in [1.82, 2.24) is 30.0 Å². The van der Waals surface area contributed by atoms with Crippen LogP contribution in [0.2, 0.25) is 0 Å². The molecule has 0 fully saturated rings. The van der Waals surface area contributed by atoms with Crippen molar-refractivity contribution in [3.63, 3.8) is 0 Å². The first-order valence-electron chi connectivity index (χ1n) is 16.5. The molecule has 3 aromatic rings. The Balaban J connectivity index is 1.68. The number of anilines is 2. The number of amidine groups is 2. The van der Waals surface area contributed by atoms with E-state index < -0.39 is 11.8 Å². The summed E-state index contributed by atoms with van der Waals surface area (Å²) in [7, 11) is 0. The first kappa shape index (κ1) is 38.0. The van der Waals surface area contributed by atoms with Gasteiger partial charge < -0.3 is 41.9 Å². The first-order chi connectivity index (χ1) is 23.2. The molecule has 3 rings (SSSR count). The second-order valence-corrected chi connectivity index (χ2v) is 12.8. The van der Waals surface area contributed by atoms with Crippen LogP contribution < -0.4 is 32.7 Å². The lowest BCUT2D eigenvalue weighted by Crippen LogP contribution is -2.27. The van der Waals surface area contributed by atoms with Crippen molar-refractivity contribution in [2.75, 3.05) is 23.7 Å². The van der Waals surface area contributed by atoms with Crippen LogP contribution >= 0.6 is 0 Å². The molecule has 0 saturated carbocycles. The molecule has 0 atom stereocenters. The maximum Gasteiger partial charge on any atom is 0.276 e. The second-order valence-electron chi connectivity index (χ2n) is 12.8. The molecule has 0 spiro atoms. The van der Waals surface area contributed by atoms with Crippen LogP contribution in [0.4, 0.5) is 11.4 Å². The average molecular weight is 679 g/mol. The number of aromatic nitrogens is 4. The molecular weight excluding hydrogens is 628 g/mol. The van der Waals surface area contributed by atoms with Gasteiger partial charge in [0, 0.05) is 57.5 Å². The Morgan fingerprint density at radius 1 is 0.735 bits per heavy atom. The third-order valence-electron chi connectivity index (χ3n) is 7.54. The van der Waals surface area contributed by atoms with Crippen LogP contribution in [0.15, 0.2) is 30.6 Å². The van der Waals surface area contributed by atoms with Crippen molar-refractivity contribution in [3.05, 3.63) is 53.4 Å². The average Bonchev–Trinajstić information content (AvgIpc) is 3.78. The summed E-state index contributed by atoms with van der Waals surface area (Å²) in [6.45, 7) is 10.2. The van der Waals surface area contributed by atoms with Gasteiger partial charge in [0.2, 0.25) is 0 Å². The number of nitrogens with two attached hydrogens (primary N) is 2. The molecule has 0 saturated heterocycles. The van der Waals surface area contributed by atoms with Crippen molar-refractivity contribution in [3.8, 4) is 0 Å². The minimum atomic E-state index is -0.576. The molecule has 0 unspecified atom stereocenters. The molecule has 4 amide bonds. The summed E-state index contributed by atoms with van der Waals surface area (Å²) in [5.74, 6) is -0.833. The van der Waals surface area contributed by atoms with Crippen molar-refractivity contribution in [1.29, 1.82) is 10.8 Å². The van der Waals surface area contributed by atoms with Crippen molar-refractivity contribution in [2.24, 2.45) is 23.3 Å². The molecule has 3 aromatic heterocycles. The SMILES string of the molecule is CC(C)CCn1cc(NC(=O)c2cc(C(=O)Nc3cc(C(=O)NCCCC(=N)N)n(CCC(C)C)c3)[nH]n2)cc1C(=O)NCCCC(=N)N. The molecular formula is C33H50N12O4. The lowest BCUT2D eigenvalue weighted by molar-refractivity contribution is 0.0935. The zero-order chi connectivity index (χ0) is 36.1. The van der Waals surface area contributed by atoms with Gasteiger partial charge in [-0.05, 0) is 49.7 Å². The van der Waals surface area contributed by atoms with Crippen LogP contribution in [0.5, 0.6) is 0 Å². The van der Waals surface area contributed by atoms with E-state index in [2.05, 4.69) is 59.2 Å². The van der Waals surface area contributed by atoms with Gasteiger partial charge in [0.05, 0.1) is 23.0 Å². The third-order valence-corrected chi connectivity index (χ3v) is 7.54. The van der Waals surface area contributed by atoms with Gasteiger partial charge in [-0.15, -0.1) is 0 Å². The Labute approximate surface area is 286 Å². The smallest absolute Gasteiger partial charge is 0.276 e. The predicted molar refractivity (Wildman–Crippen MR) is 189 cm³/mol. The number of carbonyl (C=O) groups is 4. The quantitative estimate of drug-likeness (QED) is 0.0488. The summed E-state index contributed by atoms with van der Waals surface area (Å²) >= 11 is 0. The van der Waals surface area contributed by atoms with Gasteiger partial charge in [-0.3, -0.25) is 35.1 Å². The summed E-state index contributed by atoms with van der Waals surface area (Å²) in [6, 6.07) is 4.49. The van der Waals surface area contributed by atoms with E-state index in [1.165, 1.54) is 6.07 Å². The van der Waals surface area contributed by atoms with E-state index >= 15 is 0 Å². The molecule has 0 radical (unpaired) electrons. The van der Waals surface area contributed by atoms with Gasteiger partial charge in [0.15, 0.2) is 5.69 Å². The first-order valence-corrected chi connectivity index (χ1v) is 16.5. The number of hydrogen-bond acceptors (Lipinski definition) is 7. The third kappa shape index (κ3) is 12.3. The zero-order valence-corrected chi connectivity index (χ0v) is 28.7. The normalized spacial score (nSPS) is 11.1. The number of H-pyrrole nitrogens is 1. The van der Waals surface area contributed by atoms with Crippen LogP contribution in [0.3, 0.4) is 0 Å². The Morgan fingerprint density at radius 2 is 1.18 bits per heavy atom. The Morgan fingerprint density at radius 3 is 1.61 bits per heavy atom. The van der Waals surface area contributed by atoms with Gasteiger partial charge in [-0.2, -0.15) is 5.10 Å². The van der Waals surface area contributed by atoms with E-state index in [-0.39, 0.29) is 34.9 Å². The molecule has 266 valence electrons. The van der Waals surface area contributed by atoms with Gasteiger partial charge in [-0.1, -0.05) is 27.7 Å². The lowest BCUT2D eigenvalue weighted by atomic mass is 10.1. The van der Waals surface area contributed by atoms with Gasteiger partial charge in [0.1, 0.15) is 17.1 Å². The molecule has 49 heavy (non-hydrogen) atoms. The molecule has 0 aliphatic carbocycles. The van der Waals surface area contributed by atoms with Gasteiger partial charge >= 0.3 is 0 Å². The van der Waals surface area contributed by atoms with E-state index in [9.17, 15) is 19.2 Å². The van der Waals surface area contributed by atoms with Crippen LogP contribution in [0.1, 0.15) is 108 Å². The molecule has 0 aliphatic heterocycles. The van der Waals surface area contributed by atoms with Crippen LogP contribution in [-0.2, 0) is 13.1 Å². The molecule has 16 nitrogen and oxygen atoms in total. The fourth-order valence-corrected chi connectivity index (χ4v) is 4.79. The lowest BCUT2D eigenvalue weighted by Gasteiger charge is -2.11. The summed E-state index contributed by atoms with van der Waals surface area (Å²) < 4.78 is 3.57. The Kier molecular flexibility index (Phi) is 14.1. The van der Waals surface area contributed by atoms with E-state index in [1.54, 1.807) is 33.7 Å². The topological polar surface area (TPSA) is 255 Å². The fraction of sp³-hybridized carbons (Fsp3) is 0.485. The highest BCUT2D eigenvalue weighted by Crippen LogP contribution is 2.19. The van der Waals surface area contributed by atoms with Crippen LogP contribution in [0, 0.1) is 22.7 Å². The summed E-state index contributed by atoms with van der Waals surface area (Å²) in [6.07, 6.45) is 6.86. The summed E-state index contributed by atoms with van der Waals surface area (Å²) in [5.41, 5.74) is 12.4. The second kappa shape index (κ2) is 18.2. The number of aryl methyl sites for hydroxylation is 2. The predicted octanol–water partition coefficient (Wildman–Crippen LogP) is 3.50. The standard InChI is InChI=1S/C33H50N12O4/c1-20(2)9-13-44-18-22(15-26(44)32(48)38-11-5-7-28(34)35)40-30(46)24-17-25(43-42-24)31(47)41-23-16-27(45(19-23)14-10-21(3)4)33(49)39-12-6-8-29(36)37/h15-21H,5-14H2,1-4H3,(H3,34,35)(H3,36,37)(H,38,48)(H,39,49)(H,40,46)(H,41,47)(H,42,43). The minimum absolute atomic E-state index is 0.0320. The maximum absolute atomic E-state index is 13.1. The molecule has 0 bridgehead atoms. The van der Waals surface area contributed by atoms with Crippen molar-refractivity contribution < 1.29 is 19.2 Å². The van der Waals surface area contributed by atoms with Crippen molar-refractivity contribution >= 4 is 46.7 Å². The molecule has 3 heterocycles. The summed E-state index contributed by atoms with van der Waals surface area (Å²) in [4.78, 5) is 52.1. The maximum atomic E-state index is 13.1. The Bertz CT molecular complexity index is 1510. The van der Waals surface area contributed by atoms with Gasteiger partial charge in [0.25, 0.3) is 23.6 Å². The number of nitrogens with one attached hydrogen (secondary N) is 7. The molecule has 0 aromatic carbocycles. The molecule has 16 heteroatoms. The van der Waals surface area contributed by atoms with E-state index in [1.807, 2.05) is 0 Å². The van der Waals surface area contributed by atoms with E-state index in [0.717, 1.165) is 12.8 Å². The zero-order valence-electron chi connectivity index (χ0n) is 28.7. The van der Waals surface area contributed by atoms with Crippen LogP contribution in [0.25, 0.3) is 0 Å². The highest BCUT2D eigenvalue weighted by atomic mass is 16.2. The van der Waals surface area contributed by atoms with Crippen molar-refractivity contribution in [2.45, 2.75) is 79.3 Å². The number of hydrogen-bond donors (Lipinski definition) is 9. The largest absolute Gasteiger partial charge is 0.388 e. The fourth-order valence-electron chi connectivity index (χ4n) is 4.79.